The second-order valence-electron chi connectivity index (χ2n) is 4.49. The summed E-state index contributed by atoms with van der Waals surface area (Å²) in [5.74, 6) is 0. The molecule has 1 atom stereocenters. The molecule has 0 amide bonds. The molecular formula is C10H21N3O3S. The van der Waals surface area contributed by atoms with Crippen LogP contribution in [0.5, 0.6) is 0 Å². The van der Waals surface area contributed by atoms with Gasteiger partial charge in [-0.15, -0.1) is 0 Å². The minimum atomic E-state index is -3.30. The molecule has 7 heteroatoms. The van der Waals surface area contributed by atoms with Crippen LogP contribution in [0.3, 0.4) is 0 Å². The van der Waals surface area contributed by atoms with E-state index in [0.717, 1.165) is 19.4 Å². The van der Waals surface area contributed by atoms with Crippen molar-refractivity contribution < 1.29 is 13.2 Å². The van der Waals surface area contributed by atoms with Crippen molar-refractivity contribution in [1.82, 2.24) is 14.3 Å². The Kier molecular flexibility index (Phi) is 4.75. The Morgan fingerprint density at radius 1 is 1.35 bits per heavy atom. The highest BCUT2D eigenvalue weighted by Crippen LogP contribution is 2.08. The predicted molar refractivity (Wildman–Crippen MR) is 65.0 cm³/mol. The highest BCUT2D eigenvalue weighted by atomic mass is 32.2. The predicted octanol–water partition coefficient (Wildman–Crippen LogP) is -0.705. The van der Waals surface area contributed by atoms with E-state index in [1.165, 1.54) is 10.7 Å². The highest BCUT2D eigenvalue weighted by Gasteiger charge is 2.24. The number of rotatable bonds is 5. The number of hydrogen-bond donors (Lipinski definition) is 2. The van der Waals surface area contributed by atoms with Crippen molar-refractivity contribution in [2.75, 3.05) is 39.4 Å². The number of morpholine rings is 1. The van der Waals surface area contributed by atoms with Gasteiger partial charge in [0.05, 0.1) is 13.2 Å². The summed E-state index contributed by atoms with van der Waals surface area (Å²) in [5, 5.41) is 3.35. The SMILES string of the molecule is O=S(=O)(NCC[C@H]1CCCN1)N1CCOCC1. The summed E-state index contributed by atoms with van der Waals surface area (Å²) in [6, 6.07) is 0.474. The molecule has 0 saturated carbocycles. The highest BCUT2D eigenvalue weighted by molar-refractivity contribution is 7.87. The van der Waals surface area contributed by atoms with Gasteiger partial charge in [0, 0.05) is 25.7 Å². The van der Waals surface area contributed by atoms with Crippen LogP contribution in [0.4, 0.5) is 0 Å². The standard InChI is InChI=1S/C10H21N3O3S/c14-17(15,13-6-8-16-9-7-13)12-5-3-10-2-1-4-11-10/h10-12H,1-9H2/t10-/m1/s1. The second kappa shape index (κ2) is 6.10. The molecule has 2 aliphatic heterocycles. The van der Waals surface area contributed by atoms with Crippen molar-refractivity contribution in [2.45, 2.75) is 25.3 Å². The van der Waals surface area contributed by atoms with Gasteiger partial charge in [0.2, 0.25) is 0 Å². The third-order valence-corrected chi connectivity index (χ3v) is 4.86. The lowest BCUT2D eigenvalue weighted by atomic mass is 10.2. The number of ether oxygens (including phenoxy) is 1. The number of nitrogens with one attached hydrogen (secondary N) is 2. The minimum absolute atomic E-state index is 0.455. The molecule has 2 N–H and O–H groups in total. The van der Waals surface area contributed by atoms with Crippen molar-refractivity contribution >= 4 is 10.2 Å². The smallest absolute Gasteiger partial charge is 0.279 e. The van der Waals surface area contributed by atoms with Crippen LogP contribution in [-0.2, 0) is 14.9 Å². The molecule has 2 aliphatic rings. The Labute approximate surface area is 103 Å². The molecule has 17 heavy (non-hydrogen) atoms. The molecule has 0 aromatic carbocycles. The quantitative estimate of drug-likeness (QED) is 0.688. The van der Waals surface area contributed by atoms with Gasteiger partial charge in [0.25, 0.3) is 10.2 Å². The Balaban J connectivity index is 1.72. The van der Waals surface area contributed by atoms with Crippen molar-refractivity contribution in [1.29, 1.82) is 0 Å². The first-order chi connectivity index (χ1) is 8.18. The van der Waals surface area contributed by atoms with E-state index < -0.39 is 10.2 Å². The molecule has 2 heterocycles. The molecule has 100 valence electrons. The molecule has 0 aliphatic carbocycles. The Hall–Kier alpha value is -0.210. The lowest BCUT2D eigenvalue weighted by Crippen LogP contribution is -2.47. The Morgan fingerprint density at radius 2 is 2.12 bits per heavy atom. The summed E-state index contributed by atoms with van der Waals surface area (Å²) in [6.45, 7) is 3.46. The first-order valence-electron chi connectivity index (χ1n) is 6.24. The molecule has 0 unspecified atom stereocenters. The molecule has 0 aromatic heterocycles. The molecule has 6 nitrogen and oxygen atoms in total. The van der Waals surface area contributed by atoms with Gasteiger partial charge in [-0.2, -0.15) is 12.7 Å². The zero-order chi connectivity index (χ0) is 12.1. The van der Waals surface area contributed by atoms with Gasteiger partial charge >= 0.3 is 0 Å². The van der Waals surface area contributed by atoms with Crippen LogP contribution in [0.15, 0.2) is 0 Å². The zero-order valence-corrected chi connectivity index (χ0v) is 10.8. The maximum absolute atomic E-state index is 11.9. The molecule has 0 aromatic rings. The van der Waals surface area contributed by atoms with Gasteiger partial charge in [-0.1, -0.05) is 0 Å². The van der Waals surface area contributed by atoms with Crippen molar-refractivity contribution in [2.24, 2.45) is 0 Å². The van der Waals surface area contributed by atoms with E-state index in [0.29, 0.717) is 38.9 Å². The molecule has 0 radical (unpaired) electrons. The third-order valence-electron chi connectivity index (χ3n) is 3.25. The summed E-state index contributed by atoms with van der Waals surface area (Å²) >= 11 is 0. The lowest BCUT2D eigenvalue weighted by Gasteiger charge is -2.26. The summed E-state index contributed by atoms with van der Waals surface area (Å²) in [7, 11) is -3.30. The van der Waals surface area contributed by atoms with E-state index in [1.54, 1.807) is 0 Å². The first-order valence-corrected chi connectivity index (χ1v) is 7.68. The largest absolute Gasteiger partial charge is 0.379 e. The van der Waals surface area contributed by atoms with E-state index in [9.17, 15) is 8.42 Å². The van der Waals surface area contributed by atoms with Crippen molar-refractivity contribution in [3.05, 3.63) is 0 Å². The van der Waals surface area contributed by atoms with E-state index in [1.807, 2.05) is 0 Å². The zero-order valence-electron chi connectivity index (χ0n) is 10.0. The van der Waals surface area contributed by atoms with E-state index >= 15 is 0 Å². The summed E-state index contributed by atoms with van der Waals surface area (Å²) in [4.78, 5) is 0. The van der Waals surface area contributed by atoms with Gasteiger partial charge in [-0.25, -0.2) is 4.72 Å². The van der Waals surface area contributed by atoms with Gasteiger partial charge < -0.3 is 10.1 Å². The average molecular weight is 263 g/mol. The molecule has 0 spiro atoms. The van der Waals surface area contributed by atoms with Gasteiger partial charge in [0.1, 0.15) is 0 Å². The second-order valence-corrected chi connectivity index (χ2v) is 6.25. The van der Waals surface area contributed by atoms with Crippen LogP contribution in [0.25, 0.3) is 0 Å². The normalized spacial score (nSPS) is 27.4. The van der Waals surface area contributed by atoms with Crippen LogP contribution >= 0.6 is 0 Å². The molecule has 2 saturated heterocycles. The third kappa shape index (κ3) is 3.89. The number of hydrogen-bond acceptors (Lipinski definition) is 4. The van der Waals surface area contributed by atoms with Crippen LogP contribution in [0, 0.1) is 0 Å². The molecule has 2 rings (SSSR count). The van der Waals surface area contributed by atoms with Crippen LogP contribution in [-0.4, -0.2) is 58.2 Å². The first kappa shape index (κ1) is 13.2. The fourth-order valence-corrected chi connectivity index (χ4v) is 3.43. The summed E-state index contributed by atoms with van der Waals surface area (Å²) in [6.07, 6.45) is 3.21. The fraction of sp³-hybridized carbons (Fsp3) is 1.00. The monoisotopic (exact) mass is 263 g/mol. The van der Waals surface area contributed by atoms with Gasteiger partial charge in [-0.3, -0.25) is 0 Å². The van der Waals surface area contributed by atoms with Crippen molar-refractivity contribution in [3.63, 3.8) is 0 Å². The summed E-state index contributed by atoms with van der Waals surface area (Å²) in [5.41, 5.74) is 0. The summed E-state index contributed by atoms with van der Waals surface area (Å²) < 4.78 is 33.0. The van der Waals surface area contributed by atoms with E-state index in [2.05, 4.69) is 10.0 Å². The Bertz CT molecular complexity index is 322. The van der Waals surface area contributed by atoms with E-state index in [-0.39, 0.29) is 0 Å². The maximum Gasteiger partial charge on any atom is 0.279 e. The molecular weight excluding hydrogens is 242 g/mol. The Morgan fingerprint density at radius 3 is 2.76 bits per heavy atom. The van der Waals surface area contributed by atoms with Gasteiger partial charge in [-0.05, 0) is 25.8 Å². The molecule has 0 bridgehead atoms. The van der Waals surface area contributed by atoms with E-state index in [4.69, 9.17) is 4.74 Å². The van der Waals surface area contributed by atoms with Crippen LogP contribution in [0.2, 0.25) is 0 Å². The van der Waals surface area contributed by atoms with Gasteiger partial charge in [0.15, 0.2) is 0 Å². The molecule has 2 fully saturated rings. The minimum Gasteiger partial charge on any atom is -0.379 e. The average Bonchev–Trinajstić information content (AvgIpc) is 2.83. The van der Waals surface area contributed by atoms with Crippen LogP contribution in [0.1, 0.15) is 19.3 Å². The lowest BCUT2D eigenvalue weighted by molar-refractivity contribution is 0.0725. The number of nitrogens with zero attached hydrogens (tertiary/aromatic N) is 1. The maximum atomic E-state index is 11.9. The van der Waals surface area contributed by atoms with Crippen molar-refractivity contribution in [3.8, 4) is 0 Å². The topological polar surface area (TPSA) is 70.7 Å². The van der Waals surface area contributed by atoms with Crippen LogP contribution < -0.4 is 10.0 Å². The fourth-order valence-electron chi connectivity index (χ4n) is 2.24.